The van der Waals surface area contributed by atoms with Crippen molar-refractivity contribution in [3.05, 3.63) is 0 Å². The van der Waals surface area contributed by atoms with Crippen LogP contribution < -0.4 is 5.32 Å². The summed E-state index contributed by atoms with van der Waals surface area (Å²) in [5, 5.41) is 12.5. The van der Waals surface area contributed by atoms with Crippen LogP contribution >= 0.6 is 0 Å². The number of nitrogens with zero attached hydrogens (tertiary/aromatic N) is 1. The first-order valence-corrected chi connectivity index (χ1v) is 8.90. The zero-order valence-corrected chi connectivity index (χ0v) is 13.2. The van der Waals surface area contributed by atoms with E-state index in [-0.39, 0.29) is 24.8 Å². The second kappa shape index (κ2) is 6.27. The molecule has 2 aliphatic heterocycles. The predicted molar refractivity (Wildman–Crippen MR) is 77.0 cm³/mol. The van der Waals surface area contributed by atoms with Gasteiger partial charge in [-0.1, -0.05) is 0 Å². The van der Waals surface area contributed by atoms with E-state index in [0.29, 0.717) is 6.54 Å². The average molecular weight is 306 g/mol. The minimum atomic E-state index is -3.29. The smallest absolute Gasteiger partial charge is 0.214 e. The zero-order valence-electron chi connectivity index (χ0n) is 12.3. The van der Waals surface area contributed by atoms with Crippen LogP contribution in [-0.2, 0) is 14.8 Å². The number of rotatable bonds is 4. The topological polar surface area (TPSA) is 78.9 Å². The van der Waals surface area contributed by atoms with Crippen molar-refractivity contribution in [2.75, 3.05) is 38.5 Å². The summed E-state index contributed by atoms with van der Waals surface area (Å²) in [6, 6.07) is 0. The van der Waals surface area contributed by atoms with E-state index in [4.69, 9.17) is 4.74 Å². The van der Waals surface area contributed by atoms with Crippen molar-refractivity contribution in [1.29, 1.82) is 0 Å². The summed E-state index contributed by atoms with van der Waals surface area (Å²) < 4.78 is 32.3. The van der Waals surface area contributed by atoms with Gasteiger partial charge < -0.3 is 15.2 Å². The lowest BCUT2D eigenvalue weighted by Gasteiger charge is -2.42. The summed E-state index contributed by atoms with van der Waals surface area (Å²) in [5.74, 6) is 0.376. The van der Waals surface area contributed by atoms with Crippen LogP contribution in [0.5, 0.6) is 0 Å². The second-order valence-electron chi connectivity index (χ2n) is 6.47. The average Bonchev–Trinajstić information content (AvgIpc) is 2.37. The number of hydrogen-bond donors (Lipinski definition) is 2. The molecule has 2 aliphatic rings. The third kappa shape index (κ3) is 4.14. The fraction of sp³-hybridized carbons (Fsp3) is 1.00. The second-order valence-corrected chi connectivity index (χ2v) is 8.48. The van der Waals surface area contributed by atoms with Crippen LogP contribution in [0.25, 0.3) is 0 Å². The number of ether oxygens (including phenoxy) is 1. The number of aliphatic hydroxyl groups excluding tert-OH is 1. The van der Waals surface area contributed by atoms with Crippen LogP contribution in [0.4, 0.5) is 0 Å². The van der Waals surface area contributed by atoms with Crippen molar-refractivity contribution in [1.82, 2.24) is 9.62 Å². The highest BCUT2D eigenvalue weighted by Crippen LogP contribution is 2.25. The van der Waals surface area contributed by atoms with E-state index in [0.717, 1.165) is 25.9 Å². The summed E-state index contributed by atoms with van der Waals surface area (Å²) in [6.45, 7) is 5.93. The Labute approximate surface area is 121 Å². The Morgan fingerprint density at radius 3 is 2.80 bits per heavy atom. The van der Waals surface area contributed by atoms with Gasteiger partial charge in [0.05, 0.1) is 24.1 Å². The molecule has 7 heteroatoms. The summed E-state index contributed by atoms with van der Waals surface area (Å²) in [7, 11) is -3.29. The van der Waals surface area contributed by atoms with Gasteiger partial charge in [-0.05, 0) is 45.7 Å². The maximum atomic E-state index is 12.6. The van der Waals surface area contributed by atoms with Gasteiger partial charge >= 0.3 is 0 Å². The van der Waals surface area contributed by atoms with Crippen molar-refractivity contribution in [3.8, 4) is 0 Å². The standard InChI is InChI=1S/C13H26N2O4S/c1-13(2)10-15(7-12(8-16)19-13)20(17,18)9-11-4-3-5-14-6-11/h11-12,14,16H,3-10H2,1-2H3. The Kier molecular flexibility index (Phi) is 5.07. The molecular formula is C13H26N2O4S. The third-order valence-corrected chi connectivity index (χ3v) is 5.85. The van der Waals surface area contributed by atoms with Crippen LogP contribution in [0.3, 0.4) is 0 Å². The molecule has 0 amide bonds. The number of sulfonamides is 1. The summed E-state index contributed by atoms with van der Waals surface area (Å²) >= 11 is 0. The van der Waals surface area contributed by atoms with E-state index < -0.39 is 21.7 Å². The highest BCUT2D eigenvalue weighted by Gasteiger charge is 2.39. The molecule has 0 radical (unpaired) electrons. The van der Waals surface area contributed by atoms with Crippen molar-refractivity contribution >= 4 is 10.0 Å². The van der Waals surface area contributed by atoms with Crippen molar-refractivity contribution < 1.29 is 18.3 Å². The molecule has 2 saturated heterocycles. The van der Waals surface area contributed by atoms with E-state index in [9.17, 15) is 13.5 Å². The van der Waals surface area contributed by atoms with Crippen LogP contribution in [0.1, 0.15) is 26.7 Å². The first kappa shape index (κ1) is 16.2. The van der Waals surface area contributed by atoms with Crippen molar-refractivity contribution in [3.63, 3.8) is 0 Å². The van der Waals surface area contributed by atoms with E-state index >= 15 is 0 Å². The normalized spacial score (nSPS) is 32.1. The first-order chi connectivity index (χ1) is 9.32. The lowest BCUT2D eigenvalue weighted by atomic mass is 10.0. The molecular weight excluding hydrogens is 280 g/mol. The van der Waals surface area contributed by atoms with Gasteiger partial charge in [0, 0.05) is 13.1 Å². The molecule has 2 rings (SSSR count). The Bertz CT molecular complexity index is 418. The Morgan fingerprint density at radius 2 is 2.20 bits per heavy atom. The molecule has 118 valence electrons. The number of piperidine rings is 1. The maximum absolute atomic E-state index is 12.6. The van der Waals surface area contributed by atoms with Crippen LogP contribution in [0.2, 0.25) is 0 Å². The molecule has 2 N–H and O–H groups in total. The summed E-state index contributed by atoms with van der Waals surface area (Å²) in [5.41, 5.74) is -0.552. The fourth-order valence-electron chi connectivity index (χ4n) is 3.02. The highest BCUT2D eigenvalue weighted by molar-refractivity contribution is 7.89. The van der Waals surface area contributed by atoms with Crippen LogP contribution in [0.15, 0.2) is 0 Å². The lowest BCUT2D eigenvalue weighted by molar-refractivity contribution is -0.131. The molecule has 0 bridgehead atoms. The monoisotopic (exact) mass is 306 g/mol. The van der Waals surface area contributed by atoms with Gasteiger partial charge in [0.25, 0.3) is 0 Å². The highest BCUT2D eigenvalue weighted by atomic mass is 32.2. The Morgan fingerprint density at radius 1 is 1.45 bits per heavy atom. The maximum Gasteiger partial charge on any atom is 0.214 e. The molecule has 6 nitrogen and oxygen atoms in total. The van der Waals surface area contributed by atoms with Gasteiger partial charge in [0.2, 0.25) is 10.0 Å². The molecule has 0 aromatic carbocycles. The van der Waals surface area contributed by atoms with E-state index in [1.165, 1.54) is 4.31 Å². The molecule has 20 heavy (non-hydrogen) atoms. The minimum absolute atomic E-state index is 0.152. The SMILES string of the molecule is CC1(C)CN(S(=O)(=O)CC2CCCNC2)CC(CO)O1. The molecule has 0 aliphatic carbocycles. The summed E-state index contributed by atoms with van der Waals surface area (Å²) in [6.07, 6.45) is 1.57. The molecule has 2 heterocycles. The van der Waals surface area contributed by atoms with Gasteiger partial charge in [-0.25, -0.2) is 8.42 Å². The molecule has 2 unspecified atom stereocenters. The van der Waals surface area contributed by atoms with E-state index in [1.807, 2.05) is 13.8 Å². The van der Waals surface area contributed by atoms with E-state index in [2.05, 4.69) is 5.32 Å². The lowest BCUT2D eigenvalue weighted by Crippen LogP contribution is -2.56. The first-order valence-electron chi connectivity index (χ1n) is 7.29. The van der Waals surface area contributed by atoms with Gasteiger partial charge in [-0.3, -0.25) is 0 Å². The Balaban J connectivity index is 2.03. The van der Waals surface area contributed by atoms with E-state index in [1.54, 1.807) is 0 Å². The number of morpholine rings is 1. The van der Waals surface area contributed by atoms with Gasteiger partial charge in [-0.2, -0.15) is 4.31 Å². The predicted octanol–water partition coefficient (Wildman–Crippen LogP) is -0.212. The quantitative estimate of drug-likeness (QED) is 0.751. The van der Waals surface area contributed by atoms with Crippen molar-refractivity contribution in [2.45, 2.75) is 38.4 Å². The van der Waals surface area contributed by atoms with Gasteiger partial charge in [0.1, 0.15) is 0 Å². The third-order valence-electron chi connectivity index (χ3n) is 3.89. The molecule has 0 aromatic heterocycles. The molecule has 0 aromatic rings. The number of hydrogen-bond acceptors (Lipinski definition) is 5. The Hall–Kier alpha value is -0.210. The minimum Gasteiger partial charge on any atom is -0.394 e. The zero-order chi connectivity index (χ0) is 14.8. The molecule has 0 saturated carbocycles. The largest absolute Gasteiger partial charge is 0.394 e. The van der Waals surface area contributed by atoms with Gasteiger partial charge in [-0.15, -0.1) is 0 Å². The number of aliphatic hydroxyl groups is 1. The number of nitrogens with one attached hydrogen (secondary N) is 1. The molecule has 2 fully saturated rings. The van der Waals surface area contributed by atoms with Crippen LogP contribution in [0, 0.1) is 5.92 Å². The summed E-state index contributed by atoms with van der Waals surface area (Å²) in [4.78, 5) is 0. The molecule has 0 spiro atoms. The van der Waals surface area contributed by atoms with Crippen molar-refractivity contribution in [2.24, 2.45) is 5.92 Å². The molecule has 2 atom stereocenters. The van der Waals surface area contributed by atoms with Gasteiger partial charge in [0.15, 0.2) is 0 Å². The van der Waals surface area contributed by atoms with Crippen LogP contribution in [-0.4, -0.2) is 68.1 Å². The fourth-order valence-corrected chi connectivity index (χ4v) is 5.01.